The number of amides is 1. The average molecular weight is 429 g/mol. The van der Waals surface area contributed by atoms with Gasteiger partial charge in [0, 0.05) is 11.3 Å². The van der Waals surface area contributed by atoms with Crippen molar-refractivity contribution in [2.45, 2.75) is 39.5 Å². The van der Waals surface area contributed by atoms with Crippen LogP contribution in [-0.2, 0) is 11.2 Å². The van der Waals surface area contributed by atoms with Gasteiger partial charge in [0.2, 0.25) is 5.89 Å². The molecule has 4 aromatic rings. The number of carbonyl (C=O) groups is 1. The number of nitrogens with one attached hydrogen (secondary N) is 1. The van der Waals surface area contributed by atoms with Gasteiger partial charge in [0.25, 0.3) is 5.91 Å². The molecule has 0 spiro atoms. The van der Waals surface area contributed by atoms with E-state index in [0.717, 1.165) is 29.5 Å². The molecule has 0 aliphatic rings. The lowest BCUT2D eigenvalue weighted by atomic mass is 9.98. The number of ether oxygens (including phenoxy) is 1. The normalized spacial score (nSPS) is 12.0. The molecule has 5 nitrogen and oxygen atoms in total. The van der Waals surface area contributed by atoms with Crippen molar-refractivity contribution in [2.24, 2.45) is 0 Å². The van der Waals surface area contributed by atoms with E-state index in [2.05, 4.69) is 43.2 Å². The summed E-state index contributed by atoms with van der Waals surface area (Å²) in [6.07, 6.45) is 2.04. The zero-order chi connectivity index (χ0) is 22.5. The van der Waals surface area contributed by atoms with E-state index in [0.29, 0.717) is 23.2 Å². The van der Waals surface area contributed by atoms with Crippen molar-refractivity contribution in [2.75, 3.05) is 11.9 Å². The minimum absolute atomic E-state index is 0.0586. The molecular formula is C27H28N2O3. The Bertz CT molecular complexity index is 1210. The number of fused-ring (bicyclic) bond motifs is 1. The number of hydrogen-bond donors (Lipinski definition) is 1. The van der Waals surface area contributed by atoms with E-state index in [1.165, 1.54) is 11.1 Å². The molecule has 0 aliphatic heterocycles. The zero-order valence-electron chi connectivity index (χ0n) is 18.7. The summed E-state index contributed by atoms with van der Waals surface area (Å²) in [5.41, 5.74) is 5.55. The molecule has 164 valence electrons. The number of carbonyl (C=O) groups excluding carboxylic acids is 1. The number of hydrogen-bond acceptors (Lipinski definition) is 4. The van der Waals surface area contributed by atoms with Gasteiger partial charge in [-0.05, 0) is 72.4 Å². The number of nitrogens with zero attached hydrogens (tertiary/aromatic N) is 1. The van der Waals surface area contributed by atoms with Gasteiger partial charge in [-0.3, -0.25) is 4.79 Å². The Balaban J connectivity index is 1.44. The second kappa shape index (κ2) is 9.69. The summed E-state index contributed by atoms with van der Waals surface area (Å²) in [4.78, 5) is 17.0. The number of benzene rings is 3. The van der Waals surface area contributed by atoms with E-state index in [9.17, 15) is 4.79 Å². The Kier molecular flexibility index (Phi) is 6.55. The first-order valence-electron chi connectivity index (χ1n) is 11.1. The molecule has 0 aliphatic carbocycles. The number of oxazole rings is 1. The molecule has 1 atom stereocenters. The highest BCUT2D eigenvalue weighted by molar-refractivity contribution is 5.92. The first-order valence-corrected chi connectivity index (χ1v) is 11.1. The Morgan fingerprint density at radius 1 is 1.06 bits per heavy atom. The van der Waals surface area contributed by atoms with Gasteiger partial charge < -0.3 is 14.5 Å². The van der Waals surface area contributed by atoms with Crippen molar-refractivity contribution in [1.29, 1.82) is 0 Å². The highest BCUT2D eigenvalue weighted by Gasteiger charge is 2.12. The third-order valence-corrected chi connectivity index (χ3v) is 5.69. The van der Waals surface area contributed by atoms with Crippen LogP contribution in [0.5, 0.6) is 5.75 Å². The maximum absolute atomic E-state index is 12.4. The molecule has 0 radical (unpaired) electrons. The lowest BCUT2D eigenvalue weighted by Crippen LogP contribution is -2.20. The topological polar surface area (TPSA) is 64.4 Å². The van der Waals surface area contributed by atoms with Gasteiger partial charge in [-0.1, -0.05) is 45.0 Å². The molecule has 0 saturated heterocycles. The Morgan fingerprint density at radius 2 is 1.88 bits per heavy atom. The highest BCUT2D eigenvalue weighted by Crippen LogP contribution is 2.29. The van der Waals surface area contributed by atoms with E-state index >= 15 is 0 Å². The summed E-state index contributed by atoms with van der Waals surface area (Å²) in [5.74, 6) is 1.46. The van der Waals surface area contributed by atoms with Crippen LogP contribution in [0.1, 0.15) is 44.2 Å². The predicted octanol–water partition coefficient (Wildman–Crippen LogP) is 6.59. The van der Waals surface area contributed by atoms with Crippen molar-refractivity contribution < 1.29 is 13.9 Å². The van der Waals surface area contributed by atoms with Crippen LogP contribution in [-0.4, -0.2) is 17.5 Å². The van der Waals surface area contributed by atoms with Crippen LogP contribution in [0.25, 0.3) is 22.6 Å². The second-order valence-electron chi connectivity index (χ2n) is 7.97. The maximum Gasteiger partial charge on any atom is 0.262 e. The SMILES string of the molecule is CCc1ccc(OCC(=O)Nc2cccc(-c3nc4cc(C(C)CC)ccc4o3)c2)cc1. The first-order chi connectivity index (χ1) is 15.6. The Hall–Kier alpha value is -3.60. The summed E-state index contributed by atoms with van der Waals surface area (Å²) in [5, 5.41) is 2.88. The fraction of sp³-hybridized carbons (Fsp3) is 0.259. The number of aryl methyl sites for hydroxylation is 1. The molecule has 32 heavy (non-hydrogen) atoms. The van der Waals surface area contributed by atoms with Crippen LogP contribution >= 0.6 is 0 Å². The number of aromatic nitrogens is 1. The van der Waals surface area contributed by atoms with Crippen LogP contribution in [0.3, 0.4) is 0 Å². The smallest absolute Gasteiger partial charge is 0.262 e. The summed E-state index contributed by atoms with van der Waals surface area (Å²) in [6.45, 7) is 6.42. The van der Waals surface area contributed by atoms with Crippen LogP contribution < -0.4 is 10.1 Å². The standard InChI is InChI=1S/C27H28N2O3/c1-4-18(3)20-11-14-25-24(16-20)29-27(32-25)21-7-6-8-22(15-21)28-26(30)17-31-23-12-9-19(5-2)10-13-23/h6-16,18H,4-5,17H2,1-3H3,(H,28,30). The quantitative estimate of drug-likeness (QED) is 0.344. The molecule has 1 N–H and O–H groups in total. The van der Waals surface area contributed by atoms with E-state index in [-0.39, 0.29) is 12.5 Å². The number of anilines is 1. The largest absolute Gasteiger partial charge is 0.484 e. The Morgan fingerprint density at radius 3 is 2.62 bits per heavy atom. The molecule has 1 aromatic heterocycles. The molecule has 0 saturated carbocycles. The zero-order valence-corrected chi connectivity index (χ0v) is 18.7. The van der Waals surface area contributed by atoms with Crippen LogP contribution in [0.2, 0.25) is 0 Å². The van der Waals surface area contributed by atoms with E-state index in [1.807, 2.05) is 54.6 Å². The molecule has 1 amide bonds. The van der Waals surface area contributed by atoms with Gasteiger partial charge in [0.05, 0.1) is 0 Å². The molecule has 1 heterocycles. The van der Waals surface area contributed by atoms with Gasteiger partial charge in [0.1, 0.15) is 11.3 Å². The third kappa shape index (κ3) is 4.99. The van der Waals surface area contributed by atoms with E-state index in [1.54, 1.807) is 0 Å². The van der Waals surface area contributed by atoms with Gasteiger partial charge >= 0.3 is 0 Å². The fourth-order valence-corrected chi connectivity index (χ4v) is 3.51. The van der Waals surface area contributed by atoms with Crippen LogP contribution in [0, 0.1) is 0 Å². The van der Waals surface area contributed by atoms with Crippen molar-refractivity contribution in [3.05, 3.63) is 77.9 Å². The van der Waals surface area contributed by atoms with Gasteiger partial charge in [-0.2, -0.15) is 0 Å². The minimum atomic E-state index is -0.225. The van der Waals surface area contributed by atoms with Crippen molar-refractivity contribution in [1.82, 2.24) is 4.98 Å². The first kappa shape index (κ1) is 21.6. The molecule has 0 fully saturated rings. The molecule has 3 aromatic carbocycles. The summed E-state index contributed by atoms with van der Waals surface area (Å²) in [7, 11) is 0. The van der Waals surface area contributed by atoms with E-state index < -0.39 is 0 Å². The summed E-state index contributed by atoms with van der Waals surface area (Å²) < 4.78 is 11.5. The lowest BCUT2D eigenvalue weighted by molar-refractivity contribution is -0.118. The number of rotatable bonds is 8. The van der Waals surface area contributed by atoms with Crippen LogP contribution in [0.15, 0.2) is 71.1 Å². The molecule has 0 bridgehead atoms. The molecule has 4 rings (SSSR count). The van der Waals surface area contributed by atoms with Gasteiger partial charge in [0.15, 0.2) is 12.2 Å². The van der Waals surface area contributed by atoms with Crippen molar-refractivity contribution in [3.8, 4) is 17.2 Å². The lowest BCUT2D eigenvalue weighted by Gasteiger charge is -2.08. The molecule has 5 heteroatoms. The third-order valence-electron chi connectivity index (χ3n) is 5.69. The van der Waals surface area contributed by atoms with Crippen molar-refractivity contribution >= 4 is 22.7 Å². The molecule has 1 unspecified atom stereocenters. The van der Waals surface area contributed by atoms with Crippen LogP contribution in [0.4, 0.5) is 5.69 Å². The molecular weight excluding hydrogens is 400 g/mol. The summed E-state index contributed by atoms with van der Waals surface area (Å²) in [6, 6.07) is 21.4. The fourth-order valence-electron chi connectivity index (χ4n) is 3.51. The average Bonchev–Trinajstić information content (AvgIpc) is 3.26. The highest BCUT2D eigenvalue weighted by atomic mass is 16.5. The van der Waals surface area contributed by atoms with Gasteiger partial charge in [-0.15, -0.1) is 0 Å². The monoisotopic (exact) mass is 428 g/mol. The Labute approximate surface area is 188 Å². The second-order valence-corrected chi connectivity index (χ2v) is 7.97. The maximum atomic E-state index is 12.4. The van der Waals surface area contributed by atoms with E-state index in [4.69, 9.17) is 9.15 Å². The predicted molar refractivity (Wildman–Crippen MR) is 128 cm³/mol. The minimum Gasteiger partial charge on any atom is -0.484 e. The van der Waals surface area contributed by atoms with Crippen molar-refractivity contribution in [3.63, 3.8) is 0 Å². The summed E-state index contributed by atoms with van der Waals surface area (Å²) >= 11 is 0. The van der Waals surface area contributed by atoms with Gasteiger partial charge in [-0.25, -0.2) is 4.98 Å².